The number of amides is 1. The zero-order chi connectivity index (χ0) is 37.0. The lowest BCUT2D eigenvalue weighted by atomic mass is 9.60. The number of methoxy groups -OCH3 is 1. The van der Waals surface area contributed by atoms with Gasteiger partial charge in [0.25, 0.3) is 5.67 Å². The maximum atomic E-state index is 16.7. The van der Waals surface area contributed by atoms with E-state index >= 15 is 9.18 Å². The second-order valence-electron chi connectivity index (χ2n) is 16.2. The number of cyclic esters (lactones) is 1. The molecule has 0 saturated carbocycles. The van der Waals surface area contributed by atoms with Gasteiger partial charge in [-0.2, -0.15) is 0 Å². The monoisotopic (exact) mass is 696 g/mol. The molecule has 0 aliphatic carbocycles. The molecule has 2 fully saturated rings. The van der Waals surface area contributed by atoms with Crippen LogP contribution in [-0.4, -0.2) is 85.7 Å². The number of ether oxygens (including phenoxy) is 3. The van der Waals surface area contributed by atoms with Gasteiger partial charge in [-0.05, 0) is 63.5 Å². The normalized spacial score (nSPS) is 35.9. The molecular weight excluding hydrogens is 643 g/mol. The molecule has 0 aromatic carbocycles. The maximum Gasteiger partial charge on any atom is 0.410 e. The smallest absolute Gasteiger partial charge is 0.410 e. The third-order valence-corrected chi connectivity index (χ3v) is 11.6. The summed E-state index contributed by atoms with van der Waals surface area (Å²) in [7, 11) is 1.53. The van der Waals surface area contributed by atoms with Crippen molar-refractivity contribution in [1.82, 2.24) is 19.4 Å². The van der Waals surface area contributed by atoms with E-state index in [2.05, 4.69) is 9.97 Å². The first-order chi connectivity index (χ1) is 23.3. The molecule has 5 heterocycles. The van der Waals surface area contributed by atoms with Crippen LogP contribution in [0.3, 0.4) is 0 Å². The Bertz CT molecular complexity index is 1630. The van der Waals surface area contributed by atoms with Gasteiger partial charge in [0.05, 0.1) is 23.7 Å². The fraction of sp³-hybridized carbons (Fsp3) is 0.684. The molecule has 9 atom stereocenters. The second-order valence-corrected chi connectivity index (χ2v) is 16.2. The largest absolute Gasteiger partial charge is 0.455 e. The predicted molar refractivity (Wildman–Crippen MR) is 184 cm³/mol. The van der Waals surface area contributed by atoms with E-state index in [1.807, 2.05) is 44.5 Å². The Kier molecular flexibility index (Phi) is 10.1. The van der Waals surface area contributed by atoms with E-state index in [0.717, 1.165) is 12.5 Å². The van der Waals surface area contributed by atoms with Gasteiger partial charge in [-0.1, -0.05) is 41.5 Å². The summed E-state index contributed by atoms with van der Waals surface area (Å²) in [5.41, 5.74) is -4.31. The quantitative estimate of drug-likeness (QED) is 0.261. The summed E-state index contributed by atoms with van der Waals surface area (Å²) < 4.78 is 37.0. The minimum absolute atomic E-state index is 0.106. The highest BCUT2D eigenvalue weighted by molar-refractivity contribution is 6.07. The number of esters is 1. The molecule has 11 nitrogen and oxygen atoms in total. The number of Topliss-reactive ketones (excluding diaryl/α,β-unsaturated/α-hetero) is 2. The van der Waals surface area contributed by atoms with Crippen molar-refractivity contribution in [1.29, 1.82) is 0 Å². The Morgan fingerprint density at radius 3 is 2.36 bits per heavy atom. The summed E-state index contributed by atoms with van der Waals surface area (Å²) in [6, 6.07) is 1.04. The Labute approximate surface area is 294 Å². The summed E-state index contributed by atoms with van der Waals surface area (Å²) in [4.78, 5) is 67.7. The van der Waals surface area contributed by atoms with Gasteiger partial charge in [0, 0.05) is 68.0 Å². The van der Waals surface area contributed by atoms with E-state index in [1.54, 1.807) is 51.3 Å². The van der Waals surface area contributed by atoms with Gasteiger partial charge >= 0.3 is 12.1 Å². The van der Waals surface area contributed by atoms with Gasteiger partial charge in [0.15, 0.2) is 11.4 Å². The highest BCUT2D eigenvalue weighted by Gasteiger charge is 2.62. The van der Waals surface area contributed by atoms with Crippen molar-refractivity contribution in [3.63, 3.8) is 0 Å². The van der Waals surface area contributed by atoms with Gasteiger partial charge in [-0.25, -0.2) is 19.0 Å². The van der Waals surface area contributed by atoms with Crippen LogP contribution in [0.1, 0.15) is 99.5 Å². The van der Waals surface area contributed by atoms with Crippen LogP contribution in [0.25, 0.3) is 11.3 Å². The molecule has 12 heteroatoms. The van der Waals surface area contributed by atoms with Crippen LogP contribution in [0.15, 0.2) is 31.0 Å². The van der Waals surface area contributed by atoms with Crippen molar-refractivity contribution in [3.8, 4) is 11.3 Å². The van der Waals surface area contributed by atoms with E-state index in [0.29, 0.717) is 30.6 Å². The zero-order valence-electron chi connectivity index (χ0n) is 31.1. The number of fused-ring (bicyclic) bond motifs is 8. The molecule has 274 valence electrons. The van der Waals surface area contributed by atoms with E-state index in [1.165, 1.54) is 7.11 Å². The van der Waals surface area contributed by atoms with E-state index < -0.39 is 75.9 Å². The second kappa shape index (κ2) is 13.5. The summed E-state index contributed by atoms with van der Waals surface area (Å²) in [5, 5.41) is 0. The fourth-order valence-corrected chi connectivity index (χ4v) is 9.30. The van der Waals surface area contributed by atoms with E-state index in [9.17, 15) is 14.4 Å². The van der Waals surface area contributed by atoms with Crippen molar-refractivity contribution >= 4 is 23.6 Å². The lowest BCUT2D eigenvalue weighted by Crippen LogP contribution is -2.60. The first-order valence-corrected chi connectivity index (χ1v) is 17.8. The lowest BCUT2D eigenvalue weighted by molar-refractivity contribution is -0.183. The number of aryl methyl sites for hydroxylation is 1. The molecule has 0 spiro atoms. The average Bonchev–Trinajstić information content (AvgIpc) is 3.63. The number of rotatable bonds is 2. The number of imidazole rings is 1. The molecule has 5 rings (SSSR count). The fourth-order valence-electron chi connectivity index (χ4n) is 9.30. The van der Waals surface area contributed by atoms with Crippen LogP contribution in [0.2, 0.25) is 0 Å². The van der Waals surface area contributed by atoms with Crippen molar-refractivity contribution in [3.05, 3.63) is 36.5 Å². The molecule has 2 aromatic heterocycles. The van der Waals surface area contributed by atoms with Crippen LogP contribution < -0.4 is 0 Å². The molecule has 2 saturated heterocycles. The van der Waals surface area contributed by atoms with E-state index in [-0.39, 0.29) is 25.2 Å². The van der Waals surface area contributed by atoms with Gasteiger partial charge < -0.3 is 23.7 Å². The van der Waals surface area contributed by atoms with Gasteiger partial charge in [0.1, 0.15) is 11.9 Å². The summed E-state index contributed by atoms with van der Waals surface area (Å²) in [6.07, 6.45) is 6.83. The number of pyridine rings is 1. The molecule has 1 amide bonds. The van der Waals surface area contributed by atoms with Crippen LogP contribution in [0.5, 0.6) is 0 Å². The summed E-state index contributed by atoms with van der Waals surface area (Å²) >= 11 is 0. The minimum Gasteiger partial charge on any atom is -0.455 e. The molecule has 0 radical (unpaired) electrons. The number of ketones is 2. The Morgan fingerprint density at radius 1 is 1.04 bits per heavy atom. The van der Waals surface area contributed by atoms with Crippen LogP contribution in [0.4, 0.5) is 9.18 Å². The topological polar surface area (TPSA) is 130 Å². The van der Waals surface area contributed by atoms with Crippen LogP contribution >= 0.6 is 0 Å². The maximum absolute atomic E-state index is 16.7. The Hall–Kier alpha value is -3.67. The van der Waals surface area contributed by atoms with Crippen molar-refractivity contribution in [2.45, 2.75) is 129 Å². The number of carbonyl (C=O) groups excluding carboxylic acids is 4. The third kappa shape index (κ3) is 6.48. The highest BCUT2D eigenvalue weighted by atomic mass is 19.1. The van der Waals surface area contributed by atoms with Crippen LogP contribution in [-0.2, 0) is 35.1 Å². The molecular formula is C38H53FN4O7. The molecule has 50 heavy (non-hydrogen) atoms. The first-order valence-electron chi connectivity index (χ1n) is 17.8. The minimum atomic E-state index is -3.01. The Balaban J connectivity index is 1.80. The standard InChI is InChI=1S/C38H53FN4O7/c1-11-28-38(9)31-22(2)29(44)26(17-36(7,48-10)30(35(4,5)6)23(3)32(45)37(8,39)33(46)49-28)24-16-25(19-40-18-24)27-20-42(21-41-27)14-12-13-15-43(31)34(47)50-38/h16,18-23,26,28,30-31H,11-15,17H2,1-10H3/t22-,23+,26-,28+,30-,31+,36+,37-,38+/m0/s1. The number of hydrogen-bond donors (Lipinski definition) is 0. The van der Waals surface area contributed by atoms with E-state index in [4.69, 9.17) is 14.2 Å². The number of aromatic nitrogens is 3. The van der Waals surface area contributed by atoms with Crippen molar-refractivity contribution in [2.75, 3.05) is 13.7 Å². The number of carbonyl (C=O) groups is 4. The molecule has 3 aliphatic heterocycles. The average molecular weight is 697 g/mol. The third-order valence-electron chi connectivity index (χ3n) is 11.6. The SMILES string of the molecule is CC[C@H]1OC(=O)[C@@](C)(F)C(=O)[C@H](C)[C@@H](C(C)(C)C)[C@](C)(OC)C[C@@H]2C(=O)[C@H](C)[C@H]3N(CCCCn4cnc(c4)-c4cncc2c4)C(=O)O[C@]13C. The van der Waals surface area contributed by atoms with Crippen LogP contribution in [0, 0.1) is 23.2 Å². The highest BCUT2D eigenvalue weighted by Crippen LogP contribution is 2.50. The molecule has 6 bridgehead atoms. The number of alkyl halides is 1. The number of halogens is 1. The van der Waals surface area contributed by atoms with Crippen molar-refractivity contribution < 1.29 is 37.8 Å². The molecule has 2 aromatic rings. The molecule has 0 unspecified atom stereocenters. The number of nitrogens with zero attached hydrogens (tertiary/aromatic N) is 4. The number of hydrogen-bond acceptors (Lipinski definition) is 9. The van der Waals surface area contributed by atoms with Crippen molar-refractivity contribution in [2.24, 2.45) is 23.2 Å². The zero-order valence-corrected chi connectivity index (χ0v) is 31.1. The predicted octanol–water partition coefficient (Wildman–Crippen LogP) is 6.33. The summed E-state index contributed by atoms with van der Waals surface area (Å²) in [6.45, 7) is 16.3. The lowest BCUT2D eigenvalue weighted by Gasteiger charge is -2.49. The van der Waals surface area contributed by atoms with Gasteiger partial charge in [0.2, 0.25) is 0 Å². The molecule has 0 N–H and O–H groups in total. The first kappa shape index (κ1) is 37.6. The molecule has 3 aliphatic rings. The van der Waals surface area contributed by atoms with Gasteiger partial charge in [-0.3, -0.25) is 14.6 Å². The summed E-state index contributed by atoms with van der Waals surface area (Å²) in [5.74, 6) is -5.83. The Morgan fingerprint density at radius 2 is 1.72 bits per heavy atom. The van der Waals surface area contributed by atoms with Gasteiger partial charge in [-0.15, -0.1) is 0 Å².